The van der Waals surface area contributed by atoms with Crippen molar-refractivity contribution in [1.82, 2.24) is 5.32 Å². The van der Waals surface area contributed by atoms with Crippen molar-refractivity contribution in [3.05, 3.63) is 0 Å². The number of carbonyl (C=O) groups excluding carboxylic acids is 2. The Morgan fingerprint density at radius 3 is 2.00 bits per heavy atom. The Hall–Kier alpha value is -0.541. The molecule has 0 atom stereocenters. The minimum atomic E-state index is -0.828. The summed E-state index contributed by atoms with van der Waals surface area (Å²) in [6, 6.07) is -0.828. The van der Waals surface area contributed by atoms with Crippen molar-refractivity contribution < 1.29 is 9.59 Å². The van der Waals surface area contributed by atoms with Crippen LogP contribution in [-0.4, -0.2) is 26.8 Å². The molecule has 5 heteroatoms. The van der Waals surface area contributed by atoms with Gasteiger partial charge >= 0.3 is 47.5 Å². The van der Waals surface area contributed by atoms with E-state index in [9.17, 15) is 9.59 Å². The molecule has 0 saturated heterocycles. The topological polar surface area (TPSA) is 72.2 Å². The molecule has 0 bridgehead atoms. The summed E-state index contributed by atoms with van der Waals surface area (Å²) < 4.78 is 0. The molecule has 0 radical (unpaired) electrons. The van der Waals surface area contributed by atoms with Crippen molar-refractivity contribution in [2.24, 2.45) is 5.73 Å². The molecule has 0 heterocycles. The zero-order chi connectivity index (χ0) is 5.86. The zero-order valence-electron chi connectivity index (χ0n) is 3.34. The first kappa shape index (κ1) is 6.46. The van der Waals surface area contributed by atoms with Crippen molar-refractivity contribution in [2.75, 3.05) is 0 Å². The monoisotopic (exact) mass is 168 g/mol. The summed E-state index contributed by atoms with van der Waals surface area (Å²) in [6.07, 6.45) is 0. The van der Waals surface area contributed by atoms with E-state index in [1.165, 1.54) is 0 Å². The number of urea groups is 1. The van der Waals surface area contributed by atoms with E-state index in [1.807, 2.05) is 0 Å². The van der Waals surface area contributed by atoms with Gasteiger partial charge < -0.3 is 0 Å². The van der Waals surface area contributed by atoms with Gasteiger partial charge in [-0.3, -0.25) is 0 Å². The second-order valence-corrected chi connectivity index (χ2v) is 1.65. The van der Waals surface area contributed by atoms with Gasteiger partial charge in [-0.15, -0.1) is 0 Å². The van der Waals surface area contributed by atoms with E-state index in [-0.39, 0.29) is 0 Å². The summed E-state index contributed by atoms with van der Waals surface area (Å²) in [5, 5.41) is 1.78. The quantitative estimate of drug-likeness (QED) is 0.439. The van der Waals surface area contributed by atoms with Gasteiger partial charge in [0, 0.05) is 0 Å². The number of hydrogen-bond donors (Lipinski definition) is 2. The maximum absolute atomic E-state index is 9.81. The first-order valence-corrected chi connectivity index (χ1v) is 2.36. The maximum atomic E-state index is 9.81. The summed E-state index contributed by atoms with van der Waals surface area (Å²) in [4.78, 5) is 19.0. The summed E-state index contributed by atoms with van der Waals surface area (Å²) in [5.74, 6) is 0. The number of nitrogens with two attached hydrogens (primary N) is 1. The minimum absolute atomic E-state index is 0.500. The van der Waals surface area contributed by atoms with Crippen LogP contribution in [0.3, 0.4) is 0 Å². The van der Waals surface area contributed by atoms with E-state index in [1.54, 1.807) is 21.3 Å². The number of primary amides is 1. The van der Waals surface area contributed by atoms with Gasteiger partial charge in [-0.1, -0.05) is 0 Å². The van der Waals surface area contributed by atoms with Crippen LogP contribution in [0.25, 0.3) is 0 Å². The van der Waals surface area contributed by atoms with Gasteiger partial charge in [0.25, 0.3) is 0 Å². The molecule has 0 unspecified atom stereocenters. The van der Waals surface area contributed by atoms with Crippen molar-refractivity contribution in [1.29, 1.82) is 0 Å². The molecule has 0 aliphatic rings. The van der Waals surface area contributed by atoms with Crippen LogP contribution in [-0.2, 0) is 0 Å². The van der Waals surface area contributed by atoms with E-state index < -0.39 is 10.8 Å². The van der Waals surface area contributed by atoms with Crippen LogP contribution in [0.1, 0.15) is 0 Å². The molecule has 40 valence electrons. The van der Waals surface area contributed by atoms with Crippen LogP contribution in [0.15, 0.2) is 0 Å². The zero-order valence-corrected chi connectivity index (χ0v) is 5.22. The normalized spacial score (nSPS) is 7.57. The van der Waals surface area contributed by atoms with Gasteiger partial charge in [-0.2, -0.15) is 0 Å². The molecule has 0 saturated carbocycles. The van der Waals surface area contributed by atoms with Crippen molar-refractivity contribution in [3.63, 3.8) is 0 Å². The van der Waals surface area contributed by atoms with Gasteiger partial charge in [-0.25, -0.2) is 0 Å². The number of hydrogen-bond acceptors (Lipinski definition) is 2. The van der Waals surface area contributed by atoms with Crippen molar-refractivity contribution >= 4 is 26.8 Å². The second kappa shape index (κ2) is 2.60. The fourth-order valence-electron chi connectivity index (χ4n) is 0.105. The average Bonchev–Trinajstić information content (AvgIpc) is 1.27. The van der Waals surface area contributed by atoms with Crippen LogP contribution < -0.4 is 11.1 Å². The first-order valence-electron chi connectivity index (χ1n) is 1.42. The first-order chi connectivity index (χ1) is 3.13. The predicted octanol–water partition coefficient (Wildman–Crippen LogP) is -1.32. The van der Waals surface area contributed by atoms with Gasteiger partial charge in [-0.05, 0) is 0 Å². The van der Waals surface area contributed by atoms with E-state index in [4.69, 9.17) is 0 Å². The Labute approximate surface area is 48.3 Å². The summed E-state index contributed by atoms with van der Waals surface area (Å²) in [6.45, 7) is 0. The summed E-state index contributed by atoms with van der Waals surface area (Å²) >= 11 is 1.62. The van der Waals surface area contributed by atoms with E-state index in [0.717, 1.165) is 0 Å². The number of nitrogens with one attached hydrogen (secondary N) is 1. The molecular formula is C2H4N2O2Se. The van der Waals surface area contributed by atoms with Gasteiger partial charge in [0.15, 0.2) is 0 Å². The SMILES string of the molecule is NC(=O)NC(=O)[SeH]. The molecule has 0 aromatic heterocycles. The van der Waals surface area contributed by atoms with Gasteiger partial charge in [0.05, 0.1) is 0 Å². The Bertz CT molecular complexity index is 89.9. The van der Waals surface area contributed by atoms with Crippen molar-refractivity contribution in [2.45, 2.75) is 0 Å². The van der Waals surface area contributed by atoms with Crippen molar-refractivity contribution in [3.8, 4) is 0 Å². The standard InChI is InChI=1S/C2H4N2O2Se/c3-1(5)4-2(6)7/h(H4,3,4,5,6,7). The Morgan fingerprint density at radius 2 is 2.00 bits per heavy atom. The van der Waals surface area contributed by atoms with E-state index in [2.05, 4.69) is 5.73 Å². The molecule has 0 rings (SSSR count). The van der Waals surface area contributed by atoms with Gasteiger partial charge in [0.2, 0.25) is 0 Å². The molecule has 3 N–H and O–H groups in total. The molecule has 0 aromatic rings. The molecule has 4 nitrogen and oxygen atoms in total. The van der Waals surface area contributed by atoms with Crippen LogP contribution in [0.4, 0.5) is 9.59 Å². The molecule has 7 heavy (non-hydrogen) atoms. The second-order valence-electron chi connectivity index (χ2n) is 0.794. The Balaban J connectivity index is 3.32. The molecule has 0 spiro atoms. The number of rotatable bonds is 0. The van der Waals surface area contributed by atoms with Crippen LogP contribution in [0, 0.1) is 0 Å². The molecule has 0 aliphatic heterocycles. The third kappa shape index (κ3) is 5.46. The van der Waals surface area contributed by atoms with Crippen LogP contribution in [0.2, 0.25) is 0 Å². The van der Waals surface area contributed by atoms with E-state index in [0.29, 0.717) is 0 Å². The number of carbonyl (C=O) groups is 2. The third-order valence-electron chi connectivity index (χ3n) is 0.230. The Kier molecular flexibility index (Phi) is 2.40. The predicted molar refractivity (Wildman–Crippen MR) is 25.3 cm³/mol. The molecular weight excluding hydrogens is 163 g/mol. The average molecular weight is 167 g/mol. The number of imide groups is 1. The third-order valence-corrected chi connectivity index (χ3v) is 0.465. The van der Waals surface area contributed by atoms with Gasteiger partial charge in [0.1, 0.15) is 0 Å². The molecule has 0 fully saturated rings. The fourth-order valence-corrected chi connectivity index (χ4v) is 0.337. The molecule has 0 aromatic carbocycles. The molecule has 0 aliphatic carbocycles. The fraction of sp³-hybridized carbons (Fsp3) is 0. The van der Waals surface area contributed by atoms with Crippen LogP contribution in [0.5, 0.6) is 0 Å². The molecule has 3 amide bonds. The van der Waals surface area contributed by atoms with Crippen LogP contribution >= 0.6 is 0 Å². The summed E-state index contributed by atoms with van der Waals surface area (Å²) in [5.41, 5.74) is 4.51. The summed E-state index contributed by atoms with van der Waals surface area (Å²) in [7, 11) is 0. The van der Waals surface area contributed by atoms with E-state index >= 15 is 0 Å². The number of amides is 3. The Morgan fingerprint density at radius 1 is 1.57 bits per heavy atom.